The maximum absolute atomic E-state index is 13.1. The third-order valence-corrected chi connectivity index (χ3v) is 8.37. The van der Waals surface area contributed by atoms with E-state index in [1.54, 1.807) is 0 Å². The van der Waals surface area contributed by atoms with Gasteiger partial charge in [-0.05, 0) is 85.4 Å². The molecular formula is C29H56F2O3. The van der Waals surface area contributed by atoms with Gasteiger partial charge >= 0.3 is 0 Å². The van der Waals surface area contributed by atoms with Gasteiger partial charge in [-0.25, -0.2) is 8.78 Å². The van der Waals surface area contributed by atoms with Gasteiger partial charge in [0.1, 0.15) is 12.3 Å². The van der Waals surface area contributed by atoms with Crippen molar-refractivity contribution in [1.82, 2.24) is 0 Å². The van der Waals surface area contributed by atoms with Gasteiger partial charge in [-0.15, -0.1) is 0 Å². The number of aliphatic hydroxyl groups excluding tert-OH is 2. The van der Waals surface area contributed by atoms with Crippen LogP contribution in [0.15, 0.2) is 0 Å². The van der Waals surface area contributed by atoms with E-state index in [1.807, 2.05) is 0 Å². The molecule has 0 amide bonds. The first kappa shape index (κ1) is 31.8. The number of hydrogen-bond acceptors (Lipinski definition) is 3. The van der Waals surface area contributed by atoms with Crippen LogP contribution in [-0.2, 0) is 4.74 Å². The quantitative estimate of drug-likeness (QED) is 0.369. The maximum Gasteiger partial charge on any atom is 0.126 e. The van der Waals surface area contributed by atoms with Gasteiger partial charge in [0.05, 0.1) is 12.2 Å². The summed E-state index contributed by atoms with van der Waals surface area (Å²) in [4.78, 5) is 0. The molecule has 1 saturated heterocycles. The SMILES string of the molecule is CC(C)(C)C1CCOCC1.CC(C)(C)[C@@H]1CC[C@@H](O)[C@H](F)C1.CC(C)(C)[C@H]1CC[C@H](O)[C@@H](F)C1. The lowest BCUT2D eigenvalue weighted by atomic mass is 9.71. The average Bonchev–Trinajstić information content (AvgIpc) is 2.71. The lowest BCUT2D eigenvalue weighted by Crippen LogP contribution is -2.35. The Morgan fingerprint density at radius 3 is 1.09 bits per heavy atom. The topological polar surface area (TPSA) is 49.7 Å². The first-order valence-corrected chi connectivity index (χ1v) is 13.6. The molecule has 1 heterocycles. The maximum atomic E-state index is 13.1. The first-order chi connectivity index (χ1) is 15.4. The van der Waals surface area contributed by atoms with Gasteiger partial charge in [0.15, 0.2) is 0 Å². The van der Waals surface area contributed by atoms with Crippen LogP contribution >= 0.6 is 0 Å². The highest BCUT2D eigenvalue weighted by Gasteiger charge is 2.36. The average molecular weight is 491 g/mol. The summed E-state index contributed by atoms with van der Waals surface area (Å²) < 4.78 is 31.5. The second-order valence-corrected chi connectivity index (χ2v) is 14.2. The zero-order valence-corrected chi connectivity index (χ0v) is 23.7. The minimum atomic E-state index is -0.997. The highest BCUT2D eigenvalue weighted by molar-refractivity contribution is 4.86. The van der Waals surface area contributed by atoms with Crippen LogP contribution in [0.3, 0.4) is 0 Å². The van der Waals surface area contributed by atoms with Crippen molar-refractivity contribution in [3.05, 3.63) is 0 Å². The predicted octanol–water partition coefficient (Wildman–Crippen LogP) is 7.52. The van der Waals surface area contributed by atoms with Crippen molar-refractivity contribution in [1.29, 1.82) is 0 Å². The number of hydrogen-bond donors (Lipinski definition) is 2. The Kier molecular flexibility index (Phi) is 12.5. The van der Waals surface area contributed by atoms with Gasteiger partial charge in [0, 0.05) is 13.2 Å². The van der Waals surface area contributed by atoms with E-state index >= 15 is 0 Å². The molecule has 204 valence electrons. The van der Waals surface area contributed by atoms with Crippen molar-refractivity contribution in [3.63, 3.8) is 0 Å². The van der Waals surface area contributed by atoms with Gasteiger partial charge in [-0.1, -0.05) is 62.3 Å². The Balaban J connectivity index is 0.000000256. The van der Waals surface area contributed by atoms with E-state index < -0.39 is 24.6 Å². The molecule has 0 aromatic heterocycles. The second-order valence-electron chi connectivity index (χ2n) is 14.2. The normalized spacial score (nSPS) is 33.8. The molecule has 0 radical (unpaired) electrons. The molecule has 3 aliphatic rings. The largest absolute Gasteiger partial charge is 0.390 e. The van der Waals surface area contributed by atoms with Gasteiger partial charge < -0.3 is 14.9 Å². The van der Waals surface area contributed by atoms with Crippen molar-refractivity contribution in [2.45, 2.75) is 138 Å². The van der Waals surface area contributed by atoms with Crippen molar-refractivity contribution >= 4 is 0 Å². The number of alkyl halides is 2. The van der Waals surface area contributed by atoms with Crippen LogP contribution in [-0.4, -0.2) is 48.0 Å². The third kappa shape index (κ3) is 11.2. The molecular weight excluding hydrogens is 434 g/mol. The zero-order chi connectivity index (χ0) is 26.3. The zero-order valence-electron chi connectivity index (χ0n) is 23.7. The first-order valence-electron chi connectivity index (χ1n) is 13.6. The van der Waals surface area contributed by atoms with E-state index in [1.165, 1.54) is 12.8 Å². The fourth-order valence-corrected chi connectivity index (χ4v) is 5.34. The molecule has 3 nitrogen and oxygen atoms in total. The molecule has 1 aliphatic heterocycles. The van der Waals surface area contributed by atoms with E-state index in [9.17, 15) is 19.0 Å². The van der Waals surface area contributed by atoms with E-state index in [-0.39, 0.29) is 10.8 Å². The van der Waals surface area contributed by atoms with Crippen molar-refractivity contribution < 1.29 is 23.7 Å². The van der Waals surface area contributed by atoms with E-state index in [0.717, 1.165) is 32.0 Å². The van der Waals surface area contributed by atoms with E-state index in [0.29, 0.717) is 42.9 Å². The lowest BCUT2D eigenvalue weighted by molar-refractivity contribution is 0.000259. The summed E-state index contributed by atoms with van der Waals surface area (Å²) in [5.41, 5.74) is 0.860. The van der Waals surface area contributed by atoms with Gasteiger partial charge in [0.2, 0.25) is 0 Å². The van der Waals surface area contributed by atoms with E-state index in [2.05, 4.69) is 62.3 Å². The van der Waals surface area contributed by atoms with Gasteiger partial charge in [0.25, 0.3) is 0 Å². The Bertz CT molecular complexity index is 519. The molecule has 0 spiro atoms. The highest BCUT2D eigenvalue weighted by atomic mass is 19.1. The number of aliphatic hydroxyl groups is 2. The van der Waals surface area contributed by atoms with Crippen molar-refractivity contribution in [2.75, 3.05) is 13.2 Å². The standard InChI is InChI=1S/2C10H19FO.C9H18O/c2*1-10(2,3)7-4-5-9(12)8(11)6-7;1-9(2,3)8-4-6-10-7-5-8/h2*7-9,12H,4-6H2,1-3H3;8H,4-7H2,1-3H3/t2*7-,8-,9-;/m10./s1. The molecule has 3 fully saturated rings. The number of ether oxygens (including phenoxy) is 1. The van der Waals surface area contributed by atoms with Crippen LogP contribution in [0.1, 0.15) is 114 Å². The Hall–Kier alpha value is -0.260. The smallest absolute Gasteiger partial charge is 0.126 e. The van der Waals surface area contributed by atoms with Crippen LogP contribution in [0.4, 0.5) is 8.78 Å². The highest BCUT2D eigenvalue weighted by Crippen LogP contribution is 2.39. The van der Waals surface area contributed by atoms with Crippen LogP contribution in [0.25, 0.3) is 0 Å². The molecule has 0 bridgehead atoms. The number of rotatable bonds is 0. The summed E-state index contributed by atoms with van der Waals surface area (Å²) in [6, 6.07) is 0. The summed E-state index contributed by atoms with van der Waals surface area (Å²) in [5.74, 6) is 1.73. The Morgan fingerprint density at radius 2 is 0.853 bits per heavy atom. The molecule has 0 unspecified atom stereocenters. The summed E-state index contributed by atoms with van der Waals surface area (Å²) in [5, 5.41) is 18.4. The number of halogens is 2. The molecule has 0 aromatic rings. The molecule has 2 aliphatic carbocycles. The fraction of sp³-hybridized carbons (Fsp3) is 1.00. The van der Waals surface area contributed by atoms with Crippen LogP contribution < -0.4 is 0 Å². The summed E-state index contributed by atoms with van der Waals surface area (Å²) in [7, 11) is 0. The van der Waals surface area contributed by atoms with Crippen LogP contribution in [0.5, 0.6) is 0 Å². The molecule has 2 N–H and O–H groups in total. The van der Waals surface area contributed by atoms with Crippen LogP contribution in [0.2, 0.25) is 0 Å². The molecule has 5 heteroatoms. The van der Waals surface area contributed by atoms with Gasteiger partial charge in [-0.3, -0.25) is 0 Å². The minimum Gasteiger partial charge on any atom is -0.390 e. The summed E-state index contributed by atoms with van der Waals surface area (Å²) >= 11 is 0. The molecule has 2 saturated carbocycles. The summed E-state index contributed by atoms with van der Waals surface area (Å²) in [6.45, 7) is 21.8. The molecule has 34 heavy (non-hydrogen) atoms. The second kappa shape index (κ2) is 13.3. The monoisotopic (exact) mass is 490 g/mol. The van der Waals surface area contributed by atoms with E-state index in [4.69, 9.17) is 4.74 Å². The summed E-state index contributed by atoms with van der Waals surface area (Å²) in [6.07, 6.45) is 3.35. The molecule has 3 rings (SSSR count). The predicted molar refractivity (Wildman–Crippen MR) is 138 cm³/mol. The molecule has 0 aromatic carbocycles. The minimum absolute atomic E-state index is 0.185. The lowest BCUT2D eigenvalue weighted by Gasteiger charge is -2.37. The Morgan fingerprint density at radius 1 is 0.529 bits per heavy atom. The van der Waals surface area contributed by atoms with Crippen molar-refractivity contribution in [2.24, 2.45) is 34.0 Å². The van der Waals surface area contributed by atoms with Crippen LogP contribution in [0, 0.1) is 34.0 Å². The third-order valence-electron chi connectivity index (χ3n) is 8.37. The fourth-order valence-electron chi connectivity index (χ4n) is 5.34. The Labute approximate surface area is 209 Å². The van der Waals surface area contributed by atoms with Gasteiger partial charge in [-0.2, -0.15) is 0 Å². The molecule has 6 atom stereocenters. The van der Waals surface area contributed by atoms with Crippen molar-refractivity contribution in [3.8, 4) is 0 Å².